The van der Waals surface area contributed by atoms with E-state index in [0.29, 0.717) is 58.0 Å². The van der Waals surface area contributed by atoms with Crippen molar-refractivity contribution in [3.8, 4) is 5.75 Å². The van der Waals surface area contributed by atoms with Gasteiger partial charge in [-0.1, -0.05) is 11.3 Å². The number of rotatable bonds is 5. The number of aromatic nitrogens is 1. The summed E-state index contributed by atoms with van der Waals surface area (Å²) in [5, 5.41) is 0.938. The number of hydrogen-bond donors (Lipinski definition) is 0. The van der Waals surface area contributed by atoms with Crippen LogP contribution in [0.4, 0.5) is 5.13 Å². The molecule has 2 fully saturated rings. The minimum Gasteiger partial charge on any atom is -0.497 e. The fourth-order valence-corrected chi connectivity index (χ4v) is 6.60. The van der Waals surface area contributed by atoms with Gasteiger partial charge in [0.25, 0.3) is 5.91 Å². The highest BCUT2D eigenvalue weighted by molar-refractivity contribution is 7.89. The van der Waals surface area contributed by atoms with Crippen LogP contribution < -0.4 is 9.64 Å². The third kappa shape index (κ3) is 4.48. The molecule has 2 aliphatic heterocycles. The summed E-state index contributed by atoms with van der Waals surface area (Å²) in [6.07, 6.45) is 0. The number of piperazine rings is 1. The standard InChI is InChI=1S/C23H26N4O5S2/c1-31-18-4-7-20-21(16-18)33-23(24-20)26-10-8-25(9-11-26)22(28)17-2-5-19(6-3-17)34(29,30)27-12-14-32-15-13-27/h2-7,16H,8-15H2,1H3. The van der Waals surface area contributed by atoms with Crippen molar-refractivity contribution in [2.75, 3.05) is 64.5 Å². The van der Waals surface area contributed by atoms with Gasteiger partial charge in [-0.25, -0.2) is 13.4 Å². The van der Waals surface area contributed by atoms with E-state index < -0.39 is 10.0 Å². The second-order valence-corrected chi connectivity index (χ2v) is 11.1. The number of amides is 1. The molecule has 0 unspecified atom stereocenters. The van der Waals surface area contributed by atoms with Crippen molar-refractivity contribution >= 4 is 42.6 Å². The largest absolute Gasteiger partial charge is 0.497 e. The maximum atomic E-state index is 13.0. The van der Waals surface area contributed by atoms with Gasteiger partial charge < -0.3 is 19.3 Å². The van der Waals surface area contributed by atoms with Crippen LogP contribution in [0.15, 0.2) is 47.4 Å². The Labute approximate surface area is 202 Å². The minimum absolute atomic E-state index is 0.0935. The predicted octanol–water partition coefficient (Wildman–Crippen LogP) is 2.29. The summed E-state index contributed by atoms with van der Waals surface area (Å²) in [4.78, 5) is 21.9. The molecular weight excluding hydrogens is 476 g/mol. The van der Waals surface area contributed by atoms with Crippen LogP contribution in [-0.2, 0) is 14.8 Å². The second kappa shape index (κ2) is 9.49. The Balaban J connectivity index is 1.22. The Hall–Kier alpha value is -2.73. The molecule has 11 heteroatoms. The zero-order chi connectivity index (χ0) is 23.7. The van der Waals surface area contributed by atoms with E-state index in [1.165, 1.54) is 16.4 Å². The lowest BCUT2D eigenvalue weighted by Gasteiger charge is -2.34. The molecule has 0 aliphatic carbocycles. The number of nitrogens with zero attached hydrogens (tertiary/aromatic N) is 4. The molecule has 0 bridgehead atoms. The molecule has 2 aliphatic rings. The lowest BCUT2D eigenvalue weighted by molar-refractivity contribution is 0.0730. The van der Waals surface area contributed by atoms with E-state index in [1.807, 2.05) is 18.2 Å². The summed E-state index contributed by atoms with van der Waals surface area (Å²) in [7, 11) is -1.93. The third-order valence-corrected chi connectivity index (χ3v) is 9.12. The molecule has 9 nitrogen and oxygen atoms in total. The molecule has 180 valence electrons. The van der Waals surface area contributed by atoms with E-state index in [0.717, 1.165) is 21.1 Å². The first-order valence-electron chi connectivity index (χ1n) is 11.1. The number of hydrogen-bond acceptors (Lipinski definition) is 8. The lowest BCUT2D eigenvalue weighted by Crippen LogP contribution is -2.48. The highest BCUT2D eigenvalue weighted by Gasteiger charge is 2.28. The molecule has 5 rings (SSSR count). The van der Waals surface area contributed by atoms with Crippen LogP contribution in [0.25, 0.3) is 10.2 Å². The summed E-state index contributed by atoms with van der Waals surface area (Å²) in [5.41, 5.74) is 1.42. The van der Waals surface area contributed by atoms with Crippen molar-refractivity contribution < 1.29 is 22.7 Å². The molecular formula is C23H26N4O5S2. The van der Waals surface area contributed by atoms with Crippen LogP contribution in [0, 0.1) is 0 Å². The molecule has 34 heavy (non-hydrogen) atoms. The highest BCUT2D eigenvalue weighted by Crippen LogP contribution is 2.32. The molecule has 1 amide bonds. The smallest absolute Gasteiger partial charge is 0.253 e. The maximum Gasteiger partial charge on any atom is 0.253 e. The number of thiazole rings is 1. The van der Waals surface area contributed by atoms with Gasteiger partial charge >= 0.3 is 0 Å². The van der Waals surface area contributed by atoms with Crippen molar-refractivity contribution in [2.24, 2.45) is 0 Å². The number of carbonyl (C=O) groups excluding carboxylic acids is 1. The van der Waals surface area contributed by atoms with Crippen LogP contribution in [0.2, 0.25) is 0 Å². The van der Waals surface area contributed by atoms with E-state index >= 15 is 0 Å². The number of fused-ring (bicyclic) bond motifs is 1. The van der Waals surface area contributed by atoms with Gasteiger partial charge in [0.15, 0.2) is 5.13 Å². The first-order valence-corrected chi connectivity index (χ1v) is 13.4. The van der Waals surface area contributed by atoms with Crippen LogP contribution in [0.3, 0.4) is 0 Å². The van der Waals surface area contributed by atoms with Gasteiger partial charge in [0.2, 0.25) is 10.0 Å². The topological polar surface area (TPSA) is 92.3 Å². The van der Waals surface area contributed by atoms with Crippen LogP contribution in [-0.4, -0.2) is 88.1 Å². The number of anilines is 1. The maximum absolute atomic E-state index is 13.0. The Morgan fingerprint density at radius 3 is 2.38 bits per heavy atom. The Bertz CT molecular complexity index is 1280. The molecule has 2 aromatic carbocycles. The van der Waals surface area contributed by atoms with E-state index in [4.69, 9.17) is 14.5 Å². The molecule has 0 radical (unpaired) electrons. The summed E-state index contributed by atoms with van der Waals surface area (Å²) >= 11 is 1.62. The summed E-state index contributed by atoms with van der Waals surface area (Å²) in [5.74, 6) is 0.714. The number of sulfonamides is 1. The zero-order valence-corrected chi connectivity index (χ0v) is 20.5. The average molecular weight is 503 g/mol. The van der Waals surface area contributed by atoms with Gasteiger partial charge in [-0.05, 0) is 42.5 Å². The van der Waals surface area contributed by atoms with E-state index in [2.05, 4.69) is 4.90 Å². The molecule has 3 aromatic rings. The fraction of sp³-hybridized carbons (Fsp3) is 0.391. The average Bonchev–Trinajstić information content (AvgIpc) is 3.32. The molecule has 0 saturated carbocycles. The van der Waals surface area contributed by atoms with Crippen molar-refractivity contribution in [3.05, 3.63) is 48.0 Å². The number of benzene rings is 2. The number of carbonyl (C=O) groups is 1. The molecule has 0 N–H and O–H groups in total. The number of morpholine rings is 1. The van der Waals surface area contributed by atoms with Gasteiger partial charge in [0.05, 0.1) is 35.4 Å². The number of methoxy groups -OCH3 is 1. The first kappa shape index (κ1) is 23.0. The monoisotopic (exact) mass is 502 g/mol. The van der Waals surface area contributed by atoms with Crippen molar-refractivity contribution in [1.82, 2.24) is 14.2 Å². The van der Waals surface area contributed by atoms with Gasteiger partial charge in [-0.15, -0.1) is 0 Å². The van der Waals surface area contributed by atoms with Crippen molar-refractivity contribution in [2.45, 2.75) is 4.90 Å². The van der Waals surface area contributed by atoms with Crippen LogP contribution in [0.1, 0.15) is 10.4 Å². The normalized spacial score (nSPS) is 17.8. The Kier molecular flexibility index (Phi) is 6.43. The summed E-state index contributed by atoms with van der Waals surface area (Å²) in [6, 6.07) is 12.1. The van der Waals surface area contributed by atoms with Crippen LogP contribution >= 0.6 is 11.3 Å². The predicted molar refractivity (Wildman–Crippen MR) is 130 cm³/mol. The molecule has 2 saturated heterocycles. The van der Waals surface area contributed by atoms with Gasteiger partial charge in [0, 0.05) is 44.8 Å². The quantitative estimate of drug-likeness (QED) is 0.529. The number of ether oxygens (including phenoxy) is 2. The van der Waals surface area contributed by atoms with E-state index in [9.17, 15) is 13.2 Å². The fourth-order valence-electron chi connectivity index (χ4n) is 4.14. The second-order valence-electron chi connectivity index (χ2n) is 8.15. The summed E-state index contributed by atoms with van der Waals surface area (Å²) in [6.45, 7) is 4.00. The lowest BCUT2D eigenvalue weighted by atomic mass is 10.2. The molecule has 3 heterocycles. The van der Waals surface area contributed by atoms with Crippen LogP contribution in [0.5, 0.6) is 5.75 Å². The van der Waals surface area contributed by atoms with E-state index in [-0.39, 0.29) is 10.8 Å². The Morgan fingerprint density at radius 1 is 1.00 bits per heavy atom. The van der Waals surface area contributed by atoms with Crippen molar-refractivity contribution in [1.29, 1.82) is 0 Å². The van der Waals surface area contributed by atoms with Crippen molar-refractivity contribution in [3.63, 3.8) is 0 Å². The van der Waals surface area contributed by atoms with E-state index in [1.54, 1.807) is 35.5 Å². The van der Waals surface area contributed by atoms with Gasteiger partial charge in [-0.2, -0.15) is 4.31 Å². The summed E-state index contributed by atoms with van der Waals surface area (Å²) < 4.78 is 38.6. The highest BCUT2D eigenvalue weighted by atomic mass is 32.2. The Morgan fingerprint density at radius 2 is 1.71 bits per heavy atom. The molecule has 1 aromatic heterocycles. The van der Waals surface area contributed by atoms with Gasteiger partial charge in [-0.3, -0.25) is 4.79 Å². The zero-order valence-electron chi connectivity index (χ0n) is 18.8. The minimum atomic E-state index is -3.57. The third-order valence-electron chi connectivity index (χ3n) is 6.13. The van der Waals surface area contributed by atoms with Gasteiger partial charge in [0.1, 0.15) is 5.75 Å². The molecule has 0 atom stereocenters. The SMILES string of the molecule is COc1ccc2nc(N3CCN(C(=O)c4ccc(S(=O)(=O)N5CCOCC5)cc4)CC3)sc2c1. The molecule has 0 spiro atoms. The first-order chi connectivity index (χ1) is 16.5.